The van der Waals surface area contributed by atoms with E-state index in [-0.39, 0.29) is 10.8 Å². The summed E-state index contributed by atoms with van der Waals surface area (Å²) in [5, 5.41) is 0. The summed E-state index contributed by atoms with van der Waals surface area (Å²) in [7, 11) is 0. The van der Waals surface area contributed by atoms with E-state index in [0.29, 0.717) is 11.1 Å². The number of hydrogen-bond donors (Lipinski definition) is 0. The van der Waals surface area contributed by atoms with Crippen molar-refractivity contribution in [2.24, 2.45) is 0 Å². The third-order valence-corrected chi connectivity index (χ3v) is 12.6. The summed E-state index contributed by atoms with van der Waals surface area (Å²) in [6, 6.07) is 63.1. The Morgan fingerprint density at radius 3 is 1.02 bits per heavy atom. The Kier molecular flexibility index (Phi) is 8.66. The van der Waals surface area contributed by atoms with Crippen LogP contribution in [0, 0.1) is 0 Å². The van der Waals surface area contributed by atoms with Crippen molar-refractivity contribution >= 4 is 34.1 Å². The van der Waals surface area contributed by atoms with Crippen molar-refractivity contribution in [3.8, 4) is 33.4 Å². The molecule has 0 N–H and O–H groups in total. The lowest BCUT2D eigenvalue weighted by atomic mass is 9.73. The van der Waals surface area contributed by atoms with Crippen molar-refractivity contribution in [3.63, 3.8) is 0 Å². The fraction of sp³-hybridized carbons (Fsp3) is 0.127. The minimum Gasteiger partial charge on any atom is -0.310 e. The van der Waals surface area contributed by atoms with Crippen LogP contribution in [0.4, 0.5) is 47.3 Å². The van der Waals surface area contributed by atoms with E-state index in [2.05, 4.69) is 189 Å². The fourth-order valence-corrected chi connectivity index (χ4v) is 9.50. The molecule has 2 aliphatic heterocycles. The van der Waals surface area contributed by atoms with E-state index in [4.69, 9.17) is 0 Å². The summed E-state index contributed by atoms with van der Waals surface area (Å²) in [5.41, 5.74) is 15.7. The average molecular weight is 789 g/mol. The quantitative estimate of drug-likeness (QED) is 0.171. The van der Waals surface area contributed by atoms with E-state index in [1.165, 1.54) is 34.4 Å². The minimum absolute atomic E-state index is 0.165. The number of benzene rings is 8. The molecule has 0 bridgehead atoms. The van der Waals surface area contributed by atoms with E-state index >= 15 is 0 Å². The molecule has 0 amide bonds. The molecule has 2 heterocycles. The van der Waals surface area contributed by atoms with Crippen molar-refractivity contribution in [3.05, 3.63) is 216 Å². The Balaban J connectivity index is 1.07. The first-order valence-electron chi connectivity index (χ1n) is 20.4. The van der Waals surface area contributed by atoms with E-state index in [9.17, 15) is 13.2 Å². The molecule has 0 radical (unpaired) electrons. The van der Waals surface area contributed by atoms with Crippen molar-refractivity contribution < 1.29 is 13.2 Å². The molecule has 0 aromatic heterocycles. The summed E-state index contributed by atoms with van der Waals surface area (Å²) in [4.78, 5) is 4.65. The van der Waals surface area contributed by atoms with Crippen LogP contribution in [0.3, 0.4) is 0 Å². The molecule has 60 heavy (non-hydrogen) atoms. The molecule has 2 aliphatic rings. The van der Waals surface area contributed by atoms with Gasteiger partial charge in [-0.2, -0.15) is 13.2 Å². The summed E-state index contributed by atoms with van der Waals surface area (Å²) >= 11 is 0. The maximum absolute atomic E-state index is 14.0. The van der Waals surface area contributed by atoms with Gasteiger partial charge in [0.1, 0.15) is 0 Å². The molecule has 0 saturated heterocycles. The predicted molar refractivity (Wildman–Crippen MR) is 241 cm³/mol. The number of fused-ring (bicyclic) bond motifs is 4. The van der Waals surface area contributed by atoms with E-state index in [1.54, 1.807) is 6.07 Å². The van der Waals surface area contributed by atoms with Crippen LogP contribution in [0.5, 0.6) is 0 Å². The van der Waals surface area contributed by atoms with Crippen LogP contribution < -0.4 is 9.80 Å². The highest BCUT2D eigenvalue weighted by Crippen LogP contribution is 2.53. The molecule has 2 nitrogen and oxygen atoms in total. The molecule has 0 fully saturated rings. The van der Waals surface area contributed by atoms with Crippen LogP contribution in [0.25, 0.3) is 33.4 Å². The van der Waals surface area contributed by atoms with Crippen LogP contribution >= 0.6 is 0 Å². The molecule has 0 spiro atoms. The van der Waals surface area contributed by atoms with Crippen molar-refractivity contribution in [2.75, 3.05) is 9.80 Å². The number of nitrogens with zero attached hydrogens (tertiary/aromatic N) is 2. The van der Waals surface area contributed by atoms with E-state index < -0.39 is 11.7 Å². The van der Waals surface area contributed by atoms with Gasteiger partial charge in [0.25, 0.3) is 0 Å². The molecule has 8 aromatic rings. The third-order valence-electron chi connectivity index (χ3n) is 12.6. The second-order valence-electron chi connectivity index (χ2n) is 17.0. The van der Waals surface area contributed by atoms with Crippen LogP contribution in [-0.4, -0.2) is 0 Å². The summed E-state index contributed by atoms with van der Waals surface area (Å²) in [5.74, 6) is 0. The molecule has 0 saturated carbocycles. The maximum Gasteiger partial charge on any atom is 0.416 e. The highest BCUT2D eigenvalue weighted by Gasteiger charge is 2.38. The molecular formula is C55H43F3N2. The van der Waals surface area contributed by atoms with E-state index in [0.717, 1.165) is 62.4 Å². The van der Waals surface area contributed by atoms with Gasteiger partial charge in [0.05, 0.1) is 28.3 Å². The Labute approximate surface area is 349 Å². The average Bonchev–Trinajstić information content (AvgIpc) is 3.27. The lowest BCUT2D eigenvalue weighted by molar-refractivity contribution is -0.137. The number of para-hydroxylation sites is 4. The van der Waals surface area contributed by atoms with E-state index in [1.807, 2.05) is 12.1 Å². The smallest absolute Gasteiger partial charge is 0.310 e. The normalized spacial score (nSPS) is 14.8. The highest BCUT2D eigenvalue weighted by molar-refractivity contribution is 5.89. The van der Waals surface area contributed by atoms with Gasteiger partial charge in [0, 0.05) is 22.2 Å². The lowest BCUT2D eigenvalue weighted by Gasteiger charge is -2.42. The minimum atomic E-state index is -4.45. The number of anilines is 6. The largest absolute Gasteiger partial charge is 0.416 e. The molecule has 10 rings (SSSR count). The zero-order valence-corrected chi connectivity index (χ0v) is 33.9. The van der Waals surface area contributed by atoms with Crippen LogP contribution in [0.2, 0.25) is 0 Å². The van der Waals surface area contributed by atoms with Gasteiger partial charge in [-0.15, -0.1) is 0 Å². The molecule has 8 aromatic carbocycles. The Morgan fingerprint density at radius 2 is 0.667 bits per heavy atom. The number of alkyl halides is 3. The first kappa shape index (κ1) is 37.4. The Hall–Kier alpha value is -6.85. The maximum atomic E-state index is 14.0. The summed E-state index contributed by atoms with van der Waals surface area (Å²) < 4.78 is 42.0. The molecule has 5 heteroatoms. The summed E-state index contributed by atoms with van der Waals surface area (Å²) in [6.45, 7) is 9.11. The number of hydrogen-bond acceptors (Lipinski definition) is 2. The van der Waals surface area contributed by atoms with Gasteiger partial charge in [-0.05, 0) is 134 Å². The van der Waals surface area contributed by atoms with Crippen LogP contribution in [0.1, 0.15) is 55.5 Å². The number of rotatable bonds is 5. The second kappa shape index (κ2) is 13.9. The standard InChI is InChI=1S/C55H43F3N2/c1-53(2)45-16-5-9-20-49(45)59(50-21-10-6-17-46(50)53)43-28-24-36(25-29-43)39-32-40(34-41(33-39)38-14-13-15-42(35-38)55(56,57)58)37-26-30-44(31-27-37)60-51-22-11-7-18-47(51)54(3,4)48-19-8-12-23-52(48)60/h5-35H,1-4H3. The van der Waals surface area contributed by atoms with Crippen molar-refractivity contribution in [2.45, 2.75) is 44.7 Å². The topological polar surface area (TPSA) is 6.48 Å². The Morgan fingerprint density at radius 1 is 0.333 bits per heavy atom. The second-order valence-corrected chi connectivity index (χ2v) is 17.0. The molecule has 0 atom stereocenters. The van der Waals surface area contributed by atoms with Gasteiger partial charge < -0.3 is 9.80 Å². The molecular weight excluding hydrogens is 746 g/mol. The van der Waals surface area contributed by atoms with Gasteiger partial charge in [0.2, 0.25) is 0 Å². The fourth-order valence-electron chi connectivity index (χ4n) is 9.50. The molecule has 0 aliphatic carbocycles. The van der Waals surface area contributed by atoms with Crippen molar-refractivity contribution in [1.29, 1.82) is 0 Å². The van der Waals surface area contributed by atoms with Gasteiger partial charge >= 0.3 is 6.18 Å². The lowest BCUT2D eigenvalue weighted by Crippen LogP contribution is -2.30. The molecule has 294 valence electrons. The highest BCUT2D eigenvalue weighted by atomic mass is 19.4. The first-order valence-corrected chi connectivity index (χ1v) is 20.4. The van der Waals surface area contributed by atoms with Gasteiger partial charge in [-0.25, -0.2) is 0 Å². The SMILES string of the molecule is CC1(C)c2ccccc2N(c2ccc(-c3cc(-c4ccc(N5c6ccccc6C(C)(C)c6ccccc65)cc4)cc(-c4cccc(C(F)(F)F)c4)c3)cc2)c2ccccc21. The summed E-state index contributed by atoms with van der Waals surface area (Å²) in [6.07, 6.45) is -4.45. The number of halogens is 3. The first-order chi connectivity index (χ1) is 28.9. The predicted octanol–water partition coefficient (Wildman–Crippen LogP) is 15.9. The van der Waals surface area contributed by atoms with Crippen molar-refractivity contribution in [1.82, 2.24) is 0 Å². The molecule has 0 unspecified atom stereocenters. The monoisotopic (exact) mass is 788 g/mol. The van der Waals surface area contributed by atoms with Crippen LogP contribution in [-0.2, 0) is 17.0 Å². The van der Waals surface area contributed by atoms with Gasteiger partial charge in [-0.1, -0.05) is 137 Å². The van der Waals surface area contributed by atoms with Gasteiger partial charge in [0.15, 0.2) is 0 Å². The zero-order valence-electron chi connectivity index (χ0n) is 33.9. The third kappa shape index (κ3) is 6.11. The van der Waals surface area contributed by atoms with Crippen LogP contribution in [0.15, 0.2) is 188 Å². The Bertz CT molecular complexity index is 2650. The van der Waals surface area contributed by atoms with Gasteiger partial charge in [-0.3, -0.25) is 0 Å². The zero-order chi connectivity index (χ0) is 41.4.